The number of nitrogens with one attached hydrogen (secondary N) is 2. The number of thiazole rings is 1. The predicted molar refractivity (Wildman–Crippen MR) is 107 cm³/mol. The Morgan fingerprint density at radius 2 is 1.96 bits per heavy atom. The largest absolute Gasteiger partial charge is 0.493 e. The van der Waals surface area contributed by atoms with Crippen LogP contribution in [0.15, 0.2) is 54.0 Å². The van der Waals surface area contributed by atoms with E-state index in [-0.39, 0.29) is 5.91 Å². The Bertz CT molecular complexity index is 1120. The van der Waals surface area contributed by atoms with E-state index in [4.69, 9.17) is 9.47 Å². The monoisotopic (exact) mass is 379 g/mol. The summed E-state index contributed by atoms with van der Waals surface area (Å²) in [5.41, 5.74) is 2.96. The molecule has 0 aliphatic rings. The Morgan fingerprint density at radius 1 is 1.11 bits per heavy atom. The molecule has 4 aromatic rings. The van der Waals surface area contributed by atoms with Crippen LogP contribution in [-0.2, 0) is 0 Å². The molecule has 1 amide bonds. The lowest BCUT2D eigenvalue weighted by Crippen LogP contribution is -2.12. The molecular weight excluding hydrogens is 362 g/mol. The minimum Gasteiger partial charge on any atom is -0.493 e. The first kappa shape index (κ1) is 17.1. The number of fused-ring (bicyclic) bond motifs is 1. The minimum atomic E-state index is -0.244. The van der Waals surface area contributed by atoms with Gasteiger partial charge >= 0.3 is 0 Å². The van der Waals surface area contributed by atoms with Crippen LogP contribution in [0.5, 0.6) is 11.5 Å². The molecule has 0 spiro atoms. The van der Waals surface area contributed by atoms with Crippen LogP contribution in [0.25, 0.3) is 21.5 Å². The smallest absolute Gasteiger partial charge is 0.275 e. The molecule has 0 saturated heterocycles. The van der Waals surface area contributed by atoms with Crippen LogP contribution in [0.1, 0.15) is 10.5 Å². The number of hydrogen-bond donors (Lipinski definition) is 2. The second-order valence-electron chi connectivity index (χ2n) is 5.81. The molecule has 0 saturated carbocycles. The zero-order valence-corrected chi connectivity index (χ0v) is 15.6. The quantitative estimate of drug-likeness (QED) is 0.533. The fraction of sp³-hybridized carbons (Fsp3) is 0.100. The summed E-state index contributed by atoms with van der Waals surface area (Å²) in [7, 11) is 3.18. The van der Waals surface area contributed by atoms with Gasteiger partial charge in [0.05, 0.1) is 19.9 Å². The van der Waals surface area contributed by atoms with Gasteiger partial charge in [-0.2, -0.15) is 0 Å². The highest BCUT2D eigenvalue weighted by molar-refractivity contribution is 7.13. The summed E-state index contributed by atoms with van der Waals surface area (Å²) in [6.07, 6.45) is 1.85. The molecule has 4 rings (SSSR count). The number of nitrogens with zero attached hydrogens (tertiary/aromatic N) is 1. The maximum absolute atomic E-state index is 12.6. The number of H-pyrrole nitrogens is 1. The number of ether oxygens (including phenoxy) is 2. The molecule has 7 heteroatoms. The number of aromatic amines is 1. The van der Waals surface area contributed by atoms with Crippen LogP contribution in [0.4, 0.5) is 5.69 Å². The third-order valence-electron chi connectivity index (χ3n) is 4.21. The van der Waals surface area contributed by atoms with Crippen molar-refractivity contribution in [3.63, 3.8) is 0 Å². The van der Waals surface area contributed by atoms with Crippen molar-refractivity contribution >= 4 is 33.8 Å². The Kier molecular flexibility index (Phi) is 4.52. The summed E-state index contributed by atoms with van der Waals surface area (Å²) >= 11 is 1.40. The van der Waals surface area contributed by atoms with Gasteiger partial charge in [0.25, 0.3) is 5.91 Å². The molecule has 0 aliphatic heterocycles. The Hall–Kier alpha value is -3.32. The Balaban J connectivity index is 1.59. The van der Waals surface area contributed by atoms with Crippen molar-refractivity contribution in [3.8, 4) is 22.1 Å². The molecule has 2 aromatic heterocycles. The lowest BCUT2D eigenvalue weighted by Gasteiger charge is -2.08. The molecule has 0 atom stereocenters. The summed E-state index contributed by atoms with van der Waals surface area (Å²) in [6.45, 7) is 0. The van der Waals surface area contributed by atoms with Gasteiger partial charge in [0.1, 0.15) is 10.7 Å². The lowest BCUT2D eigenvalue weighted by atomic mass is 10.2. The Morgan fingerprint density at radius 3 is 2.78 bits per heavy atom. The molecule has 0 bridgehead atoms. The van der Waals surface area contributed by atoms with Crippen molar-refractivity contribution in [1.29, 1.82) is 0 Å². The van der Waals surface area contributed by atoms with Crippen molar-refractivity contribution in [2.45, 2.75) is 0 Å². The molecule has 2 aromatic carbocycles. The molecule has 0 aliphatic carbocycles. The van der Waals surface area contributed by atoms with Gasteiger partial charge in [-0.1, -0.05) is 6.07 Å². The van der Waals surface area contributed by atoms with Gasteiger partial charge in [0.15, 0.2) is 11.5 Å². The van der Waals surface area contributed by atoms with E-state index in [0.29, 0.717) is 17.2 Å². The number of benzene rings is 2. The van der Waals surface area contributed by atoms with Gasteiger partial charge in [0, 0.05) is 28.0 Å². The van der Waals surface area contributed by atoms with Crippen molar-refractivity contribution in [3.05, 3.63) is 59.7 Å². The van der Waals surface area contributed by atoms with Crippen molar-refractivity contribution in [2.75, 3.05) is 19.5 Å². The molecular formula is C20H17N3O3S. The van der Waals surface area contributed by atoms with E-state index in [2.05, 4.69) is 15.3 Å². The Labute approximate surface area is 159 Å². The van der Waals surface area contributed by atoms with E-state index >= 15 is 0 Å². The molecule has 0 radical (unpaired) electrons. The van der Waals surface area contributed by atoms with Crippen molar-refractivity contribution in [1.82, 2.24) is 9.97 Å². The number of methoxy groups -OCH3 is 2. The highest BCUT2D eigenvalue weighted by Gasteiger charge is 2.15. The third-order valence-corrected chi connectivity index (χ3v) is 5.10. The molecule has 0 unspecified atom stereocenters. The predicted octanol–water partition coefficient (Wildman–Crippen LogP) is 4.56. The molecule has 136 valence electrons. The van der Waals surface area contributed by atoms with E-state index in [1.54, 1.807) is 19.6 Å². The first-order chi connectivity index (χ1) is 13.2. The van der Waals surface area contributed by atoms with Crippen molar-refractivity contribution in [2.24, 2.45) is 0 Å². The van der Waals surface area contributed by atoms with Crippen LogP contribution in [-0.4, -0.2) is 30.1 Å². The SMILES string of the molecule is COc1ccc(-c2nc(C(=O)Nc3cccc4[nH]ccc34)cs2)cc1OC. The van der Waals surface area contributed by atoms with E-state index in [0.717, 1.165) is 27.2 Å². The fourth-order valence-corrected chi connectivity index (χ4v) is 3.66. The second kappa shape index (κ2) is 7.13. The first-order valence-electron chi connectivity index (χ1n) is 8.25. The van der Waals surface area contributed by atoms with Crippen molar-refractivity contribution < 1.29 is 14.3 Å². The zero-order valence-electron chi connectivity index (χ0n) is 14.8. The maximum atomic E-state index is 12.6. The average Bonchev–Trinajstić information content (AvgIpc) is 3.37. The van der Waals surface area contributed by atoms with Crippen LogP contribution < -0.4 is 14.8 Å². The number of carbonyl (C=O) groups excluding carboxylic acids is 1. The molecule has 6 nitrogen and oxygen atoms in total. The summed E-state index contributed by atoms with van der Waals surface area (Å²) in [6, 6.07) is 13.2. The highest BCUT2D eigenvalue weighted by Crippen LogP contribution is 2.33. The number of amides is 1. The topological polar surface area (TPSA) is 76.2 Å². The molecule has 2 heterocycles. The van der Waals surface area contributed by atoms with Gasteiger partial charge in [-0.15, -0.1) is 11.3 Å². The van der Waals surface area contributed by atoms with Crippen LogP contribution in [0.2, 0.25) is 0 Å². The van der Waals surface area contributed by atoms with E-state index in [1.165, 1.54) is 11.3 Å². The summed E-state index contributed by atoms with van der Waals surface area (Å²) in [5, 5.41) is 6.38. The number of rotatable bonds is 5. The normalized spacial score (nSPS) is 10.7. The van der Waals surface area contributed by atoms with E-state index in [9.17, 15) is 4.79 Å². The van der Waals surface area contributed by atoms with Gasteiger partial charge in [-0.3, -0.25) is 4.79 Å². The molecule has 0 fully saturated rings. The van der Waals surface area contributed by atoms with E-state index < -0.39 is 0 Å². The van der Waals surface area contributed by atoms with Gasteiger partial charge < -0.3 is 19.8 Å². The van der Waals surface area contributed by atoms with Crippen LogP contribution in [0, 0.1) is 0 Å². The maximum Gasteiger partial charge on any atom is 0.275 e. The zero-order chi connectivity index (χ0) is 18.8. The number of hydrogen-bond acceptors (Lipinski definition) is 5. The molecule has 27 heavy (non-hydrogen) atoms. The average molecular weight is 379 g/mol. The number of aromatic nitrogens is 2. The van der Waals surface area contributed by atoms with Gasteiger partial charge in [0.2, 0.25) is 0 Å². The standard InChI is InChI=1S/C20H17N3O3S/c1-25-17-7-6-12(10-18(17)26-2)20-23-16(11-27-20)19(24)22-15-5-3-4-14-13(15)8-9-21-14/h3-11,21H,1-2H3,(H,22,24). The minimum absolute atomic E-state index is 0.244. The van der Waals surface area contributed by atoms with Crippen LogP contribution >= 0.6 is 11.3 Å². The summed E-state index contributed by atoms with van der Waals surface area (Å²) in [4.78, 5) is 20.2. The fourth-order valence-electron chi connectivity index (χ4n) is 2.86. The third kappa shape index (κ3) is 3.24. The summed E-state index contributed by atoms with van der Waals surface area (Å²) in [5.74, 6) is 1.03. The van der Waals surface area contributed by atoms with Gasteiger partial charge in [-0.05, 0) is 36.4 Å². The molecule has 2 N–H and O–H groups in total. The highest BCUT2D eigenvalue weighted by atomic mass is 32.1. The number of carbonyl (C=O) groups is 1. The van der Waals surface area contributed by atoms with Gasteiger partial charge in [-0.25, -0.2) is 4.98 Å². The van der Waals surface area contributed by atoms with E-state index in [1.807, 2.05) is 48.7 Å². The second-order valence-corrected chi connectivity index (χ2v) is 6.66. The first-order valence-corrected chi connectivity index (χ1v) is 9.13. The number of anilines is 1. The lowest BCUT2D eigenvalue weighted by molar-refractivity contribution is 0.102. The summed E-state index contributed by atoms with van der Waals surface area (Å²) < 4.78 is 10.6. The van der Waals surface area contributed by atoms with Crippen LogP contribution in [0.3, 0.4) is 0 Å².